The van der Waals surface area contributed by atoms with Gasteiger partial charge in [-0.1, -0.05) is 30.3 Å². The molecule has 0 aliphatic carbocycles. The summed E-state index contributed by atoms with van der Waals surface area (Å²) in [6, 6.07) is 9.33. The molecule has 1 heterocycles. The van der Waals surface area contributed by atoms with E-state index in [0.29, 0.717) is 6.54 Å². The van der Waals surface area contributed by atoms with Crippen molar-refractivity contribution in [2.24, 2.45) is 5.73 Å². The average molecular weight is 336 g/mol. The van der Waals surface area contributed by atoms with Crippen molar-refractivity contribution in [3.05, 3.63) is 35.9 Å². The van der Waals surface area contributed by atoms with Gasteiger partial charge in [0.25, 0.3) is 0 Å². The predicted octanol–water partition coefficient (Wildman–Crippen LogP) is -0.327. The number of thioether (sulfide) groups is 1. The Morgan fingerprint density at radius 3 is 2.74 bits per heavy atom. The Hall–Kier alpha value is -2.06. The molecule has 0 spiro atoms. The zero-order valence-electron chi connectivity index (χ0n) is 12.6. The predicted molar refractivity (Wildman–Crippen MR) is 88.0 cm³/mol. The molecule has 1 aliphatic heterocycles. The highest BCUT2D eigenvalue weighted by Gasteiger charge is 2.27. The number of nitrogens with one attached hydrogen (secondary N) is 3. The number of nitrogens with two attached hydrogens (primary N) is 1. The normalized spacial score (nSPS) is 20.6. The summed E-state index contributed by atoms with van der Waals surface area (Å²) in [5.41, 5.74) is 5.77. The van der Waals surface area contributed by atoms with Gasteiger partial charge in [-0.25, -0.2) is 0 Å². The molecule has 0 bridgehead atoms. The Labute approximate surface area is 138 Å². The van der Waals surface area contributed by atoms with E-state index in [1.165, 1.54) is 11.8 Å². The van der Waals surface area contributed by atoms with Gasteiger partial charge in [-0.15, -0.1) is 11.8 Å². The van der Waals surface area contributed by atoms with Crippen LogP contribution in [0.15, 0.2) is 30.3 Å². The molecule has 1 aromatic rings. The molecule has 1 fully saturated rings. The molecule has 2 rings (SSSR count). The summed E-state index contributed by atoms with van der Waals surface area (Å²) in [4.78, 5) is 34.4. The fourth-order valence-electron chi connectivity index (χ4n) is 2.21. The molecule has 7 nitrogen and oxygen atoms in total. The van der Waals surface area contributed by atoms with E-state index in [1.54, 1.807) is 0 Å². The van der Waals surface area contributed by atoms with Crippen LogP contribution < -0.4 is 21.7 Å². The lowest BCUT2D eigenvalue weighted by Gasteiger charge is -2.30. The first-order valence-corrected chi connectivity index (χ1v) is 8.34. The van der Waals surface area contributed by atoms with Crippen molar-refractivity contribution in [3.63, 3.8) is 0 Å². The van der Waals surface area contributed by atoms with Crippen LogP contribution in [0.5, 0.6) is 0 Å². The zero-order valence-corrected chi connectivity index (χ0v) is 13.4. The quantitative estimate of drug-likeness (QED) is 0.545. The highest BCUT2D eigenvalue weighted by molar-refractivity contribution is 8.00. The lowest BCUT2D eigenvalue weighted by atomic mass is 10.1. The van der Waals surface area contributed by atoms with Crippen LogP contribution in [-0.4, -0.2) is 35.0 Å². The molecule has 0 saturated carbocycles. The third-order valence-electron chi connectivity index (χ3n) is 3.27. The van der Waals surface area contributed by atoms with Gasteiger partial charge in [-0.2, -0.15) is 0 Å². The first-order valence-electron chi connectivity index (χ1n) is 7.29. The van der Waals surface area contributed by atoms with Crippen LogP contribution in [-0.2, 0) is 20.9 Å². The lowest BCUT2D eigenvalue weighted by Crippen LogP contribution is -2.55. The molecule has 1 aromatic carbocycles. The van der Waals surface area contributed by atoms with E-state index in [9.17, 15) is 14.4 Å². The molecular weight excluding hydrogens is 316 g/mol. The summed E-state index contributed by atoms with van der Waals surface area (Å²) in [5, 5.41) is 8.64. The molecule has 0 radical (unpaired) electrons. The van der Waals surface area contributed by atoms with Crippen LogP contribution in [0.3, 0.4) is 0 Å². The number of carbonyl (C=O) groups is 3. The Morgan fingerprint density at radius 2 is 2.04 bits per heavy atom. The molecule has 2 unspecified atom stereocenters. The second-order valence-electron chi connectivity index (χ2n) is 5.26. The highest BCUT2D eigenvalue weighted by Crippen LogP contribution is 2.13. The van der Waals surface area contributed by atoms with E-state index < -0.39 is 11.4 Å². The van der Waals surface area contributed by atoms with Crippen LogP contribution in [0.4, 0.5) is 0 Å². The maximum absolute atomic E-state index is 11.9. The number of hydrogen-bond acceptors (Lipinski definition) is 5. The lowest BCUT2D eigenvalue weighted by molar-refractivity contribution is -0.124. The van der Waals surface area contributed by atoms with Gasteiger partial charge < -0.3 is 16.4 Å². The van der Waals surface area contributed by atoms with Crippen molar-refractivity contribution in [3.8, 4) is 0 Å². The van der Waals surface area contributed by atoms with Crippen molar-refractivity contribution >= 4 is 29.5 Å². The summed E-state index contributed by atoms with van der Waals surface area (Å²) < 4.78 is 0. The Bertz CT molecular complexity index is 565. The van der Waals surface area contributed by atoms with Crippen LogP contribution in [0, 0.1) is 0 Å². The van der Waals surface area contributed by atoms with Crippen LogP contribution in [0.2, 0.25) is 0 Å². The molecule has 3 amide bonds. The first-order chi connectivity index (χ1) is 11.0. The van der Waals surface area contributed by atoms with Gasteiger partial charge >= 0.3 is 0 Å². The van der Waals surface area contributed by atoms with Crippen LogP contribution in [0.25, 0.3) is 0 Å². The third kappa shape index (κ3) is 6.29. The fourth-order valence-corrected chi connectivity index (χ4v) is 3.14. The second-order valence-corrected chi connectivity index (χ2v) is 6.35. The Kier molecular flexibility index (Phi) is 6.42. The fraction of sp³-hybridized carbons (Fsp3) is 0.400. The molecule has 23 heavy (non-hydrogen) atoms. The minimum Gasteiger partial charge on any atom is -0.370 e. The molecule has 2 atom stereocenters. The monoisotopic (exact) mass is 336 g/mol. The zero-order chi connectivity index (χ0) is 16.7. The number of amides is 3. The van der Waals surface area contributed by atoms with Gasteiger partial charge in [0.2, 0.25) is 17.7 Å². The Morgan fingerprint density at radius 1 is 1.30 bits per heavy atom. The van der Waals surface area contributed by atoms with E-state index in [2.05, 4.69) is 16.0 Å². The topological polar surface area (TPSA) is 113 Å². The summed E-state index contributed by atoms with van der Waals surface area (Å²) in [5.74, 6) is -0.528. The summed E-state index contributed by atoms with van der Waals surface area (Å²) in [6.45, 7) is 0.467. The van der Waals surface area contributed by atoms with Crippen molar-refractivity contribution in [1.82, 2.24) is 16.0 Å². The van der Waals surface area contributed by atoms with Gasteiger partial charge in [0.15, 0.2) is 0 Å². The summed E-state index contributed by atoms with van der Waals surface area (Å²) in [6.07, 6.45) is 0.310. The van der Waals surface area contributed by atoms with Gasteiger partial charge in [0, 0.05) is 25.4 Å². The molecule has 124 valence electrons. The maximum Gasteiger partial charge on any atom is 0.230 e. The van der Waals surface area contributed by atoms with Gasteiger partial charge in [0.1, 0.15) is 5.50 Å². The molecular formula is C15H20N4O3S. The van der Waals surface area contributed by atoms with E-state index in [-0.39, 0.29) is 36.5 Å². The average Bonchev–Trinajstić information content (AvgIpc) is 2.51. The second kappa shape index (κ2) is 8.54. The van der Waals surface area contributed by atoms with Crippen molar-refractivity contribution in [2.75, 3.05) is 5.75 Å². The summed E-state index contributed by atoms with van der Waals surface area (Å²) >= 11 is 1.27. The molecule has 8 heteroatoms. The molecule has 5 N–H and O–H groups in total. The van der Waals surface area contributed by atoms with Crippen LogP contribution in [0.1, 0.15) is 18.4 Å². The number of rotatable bonds is 7. The van der Waals surface area contributed by atoms with Crippen molar-refractivity contribution in [1.29, 1.82) is 0 Å². The van der Waals surface area contributed by atoms with Gasteiger partial charge in [-0.3, -0.25) is 19.7 Å². The smallest absolute Gasteiger partial charge is 0.230 e. The van der Waals surface area contributed by atoms with E-state index >= 15 is 0 Å². The minimum atomic E-state index is -0.457. The van der Waals surface area contributed by atoms with Crippen molar-refractivity contribution in [2.45, 2.75) is 30.9 Å². The molecule has 0 aromatic heterocycles. The van der Waals surface area contributed by atoms with E-state index in [0.717, 1.165) is 5.56 Å². The highest BCUT2D eigenvalue weighted by atomic mass is 32.2. The number of hydrogen-bond donors (Lipinski definition) is 4. The molecule has 1 saturated heterocycles. The third-order valence-corrected chi connectivity index (χ3v) is 4.29. The van der Waals surface area contributed by atoms with Crippen LogP contribution >= 0.6 is 11.8 Å². The van der Waals surface area contributed by atoms with Gasteiger partial charge in [-0.05, 0) is 5.56 Å². The van der Waals surface area contributed by atoms with Gasteiger partial charge in [0.05, 0.1) is 5.75 Å². The molecule has 1 aliphatic rings. The minimum absolute atomic E-state index is 0.102. The number of benzene rings is 1. The largest absolute Gasteiger partial charge is 0.370 e. The maximum atomic E-state index is 11.9. The summed E-state index contributed by atoms with van der Waals surface area (Å²) in [7, 11) is 0. The van der Waals surface area contributed by atoms with E-state index in [1.807, 2.05) is 30.3 Å². The standard InChI is InChI=1S/C15H20N4O3S/c16-12(20)6-11-7-13(21)19-15(18-11)23-9-14(22)17-8-10-4-2-1-3-5-10/h1-5,11,15,18H,6-9H2,(H2,16,20)(H,17,22)(H,19,21). The number of carbonyl (C=O) groups excluding carboxylic acids is 3. The SMILES string of the molecule is NC(=O)CC1CC(=O)NC(SCC(=O)NCc2ccccc2)N1. The van der Waals surface area contributed by atoms with Crippen molar-refractivity contribution < 1.29 is 14.4 Å². The Balaban J connectivity index is 1.72. The van der Waals surface area contributed by atoms with E-state index in [4.69, 9.17) is 5.73 Å². The first kappa shape index (κ1) is 17.3. The number of primary amides is 1.